The Balaban J connectivity index is 4.11. The number of esters is 3. The minimum Gasteiger partial charge on any atom is -0.462 e. The summed E-state index contributed by atoms with van der Waals surface area (Å²) in [5.41, 5.74) is 0. The van der Waals surface area contributed by atoms with E-state index in [1.54, 1.807) is 0 Å². The second kappa shape index (κ2) is 60.2. The molecule has 0 aliphatic heterocycles. The number of allylic oxidation sites excluding steroid dienone is 6. The average Bonchev–Trinajstić information content (AvgIpc) is 3.37. The minimum atomic E-state index is -0.777. The Morgan fingerprint density at radius 2 is 0.549 bits per heavy atom. The highest BCUT2D eigenvalue weighted by Gasteiger charge is 2.19. The molecule has 0 N–H and O–H groups in total. The van der Waals surface area contributed by atoms with Crippen molar-refractivity contribution in [3.63, 3.8) is 0 Å². The zero-order chi connectivity index (χ0) is 51.4. The molecule has 0 radical (unpaired) electrons. The molecule has 0 bridgehead atoms. The first-order valence-corrected chi connectivity index (χ1v) is 31.5. The molecule has 0 aliphatic carbocycles. The third-order valence-corrected chi connectivity index (χ3v) is 14.2. The van der Waals surface area contributed by atoms with E-state index in [4.69, 9.17) is 14.2 Å². The minimum absolute atomic E-state index is 0.0745. The molecule has 0 amide bonds. The van der Waals surface area contributed by atoms with E-state index in [1.807, 2.05) is 0 Å². The molecule has 0 aromatic heterocycles. The van der Waals surface area contributed by atoms with Crippen LogP contribution in [0.15, 0.2) is 36.5 Å². The molecule has 0 heterocycles. The van der Waals surface area contributed by atoms with E-state index >= 15 is 0 Å². The van der Waals surface area contributed by atoms with E-state index in [1.165, 1.54) is 205 Å². The highest BCUT2D eigenvalue weighted by molar-refractivity contribution is 5.71. The van der Waals surface area contributed by atoms with Crippen LogP contribution in [0.5, 0.6) is 0 Å². The van der Waals surface area contributed by atoms with Crippen LogP contribution in [-0.2, 0) is 28.6 Å². The summed E-state index contributed by atoms with van der Waals surface area (Å²) in [6, 6.07) is 0. The molecule has 71 heavy (non-hydrogen) atoms. The lowest BCUT2D eigenvalue weighted by Gasteiger charge is -2.18. The lowest BCUT2D eigenvalue weighted by atomic mass is 10.0. The quantitative estimate of drug-likeness (QED) is 0.0261. The monoisotopic (exact) mass is 997 g/mol. The van der Waals surface area contributed by atoms with Crippen LogP contribution in [0.1, 0.15) is 342 Å². The molecule has 0 aliphatic rings. The van der Waals surface area contributed by atoms with Gasteiger partial charge in [0.2, 0.25) is 0 Å². The molecular formula is C65H120O6. The molecule has 0 aromatic rings. The normalized spacial score (nSPS) is 12.2. The van der Waals surface area contributed by atoms with Crippen LogP contribution in [0.2, 0.25) is 0 Å². The topological polar surface area (TPSA) is 78.9 Å². The van der Waals surface area contributed by atoms with Crippen LogP contribution in [0, 0.1) is 0 Å². The standard InChI is InChI=1S/C65H120O6/c1-4-7-10-13-16-19-22-24-26-27-28-29-30-31-32-33-34-35-36-37-38-40-41-43-46-49-52-55-58-64(67)70-61-62(60-69-63(66)57-54-51-48-45-21-18-15-12-9-6-3)71-65(68)59-56-53-50-47-44-42-39-25-23-20-17-14-11-8-5-2/h8,11,17,20,25,39,62H,4-7,9-10,12-16,18-19,21-24,26-38,40-61H2,1-3H3/b11-8-,20-17-,39-25-. The van der Waals surface area contributed by atoms with Crippen LogP contribution >= 0.6 is 0 Å². The fraction of sp³-hybridized carbons (Fsp3) is 0.862. The molecule has 6 nitrogen and oxygen atoms in total. The Hall–Kier alpha value is -2.37. The number of carbonyl (C=O) groups excluding carboxylic acids is 3. The first kappa shape index (κ1) is 68.6. The summed E-state index contributed by atoms with van der Waals surface area (Å²) in [5, 5.41) is 0. The molecule has 1 unspecified atom stereocenters. The van der Waals surface area contributed by atoms with Gasteiger partial charge in [-0.1, -0.05) is 308 Å². The van der Waals surface area contributed by atoms with E-state index in [0.717, 1.165) is 96.3 Å². The predicted octanol–water partition coefficient (Wildman–Crippen LogP) is 21.2. The van der Waals surface area contributed by atoms with Gasteiger partial charge in [0.15, 0.2) is 6.10 Å². The van der Waals surface area contributed by atoms with E-state index in [2.05, 4.69) is 57.2 Å². The second-order valence-electron chi connectivity index (χ2n) is 21.3. The summed E-state index contributed by atoms with van der Waals surface area (Å²) >= 11 is 0. The van der Waals surface area contributed by atoms with E-state index in [9.17, 15) is 14.4 Å². The van der Waals surface area contributed by atoms with Crippen molar-refractivity contribution in [2.24, 2.45) is 0 Å². The van der Waals surface area contributed by atoms with Crippen molar-refractivity contribution in [2.75, 3.05) is 13.2 Å². The number of rotatable bonds is 58. The van der Waals surface area contributed by atoms with Crippen molar-refractivity contribution in [3.8, 4) is 0 Å². The van der Waals surface area contributed by atoms with Crippen LogP contribution in [-0.4, -0.2) is 37.2 Å². The maximum atomic E-state index is 12.8. The number of hydrogen-bond donors (Lipinski definition) is 0. The summed E-state index contributed by atoms with van der Waals surface area (Å²) in [5.74, 6) is -0.874. The molecule has 416 valence electrons. The number of unbranched alkanes of at least 4 members (excludes halogenated alkanes) is 41. The molecule has 1 atom stereocenters. The van der Waals surface area contributed by atoms with Crippen molar-refractivity contribution in [1.29, 1.82) is 0 Å². The third kappa shape index (κ3) is 58.4. The zero-order valence-electron chi connectivity index (χ0n) is 47.8. The Labute approximate surface area is 442 Å². The number of hydrogen-bond acceptors (Lipinski definition) is 6. The maximum Gasteiger partial charge on any atom is 0.306 e. The van der Waals surface area contributed by atoms with E-state index in [-0.39, 0.29) is 31.1 Å². The largest absolute Gasteiger partial charge is 0.462 e. The summed E-state index contributed by atoms with van der Waals surface area (Å²) in [4.78, 5) is 38.1. The number of carbonyl (C=O) groups is 3. The first-order valence-electron chi connectivity index (χ1n) is 31.5. The van der Waals surface area contributed by atoms with Gasteiger partial charge in [-0.2, -0.15) is 0 Å². The van der Waals surface area contributed by atoms with Gasteiger partial charge in [0.05, 0.1) is 0 Å². The van der Waals surface area contributed by atoms with Crippen molar-refractivity contribution in [3.05, 3.63) is 36.5 Å². The average molecular weight is 998 g/mol. The van der Waals surface area contributed by atoms with Crippen molar-refractivity contribution < 1.29 is 28.6 Å². The molecule has 0 saturated carbocycles. The van der Waals surface area contributed by atoms with Crippen LogP contribution in [0.25, 0.3) is 0 Å². The molecule has 0 rings (SSSR count). The lowest BCUT2D eigenvalue weighted by molar-refractivity contribution is -0.167. The fourth-order valence-electron chi connectivity index (χ4n) is 9.46. The van der Waals surface area contributed by atoms with E-state index in [0.29, 0.717) is 19.3 Å². The first-order chi connectivity index (χ1) is 35.0. The molecule has 0 aromatic carbocycles. The zero-order valence-corrected chi connectivity index (χ0v) is 47.8. The van der Waals surface area contributed by atoms with Gasteiger partial charge >= 0.3 is 17.9 Å². The summed E-state index contributed by atoms with van der Waals surface area (Å²) in [6.45, 7) is 6.55. The van der Waals surface area contributed by atoms with Crippen LogP contribution in [0.4, 0.5) is 0 Å². The summed E-state index contributed by atoms with van der Waals surface area (Å²) in [7, 11) is 0. The molecule has 0 spiro atoms. The van der Waals surface area contributed by atoms with Gasteiger partial charge in [-0.05, 0) is 51.4 Å². The molecular weight excluding hydrogens is 877 g/mol. The number of ether oxygens (including phenoxy) is 3. The highest BCUT2D eigenvalue weighted by Crippen LogP contribution is 2.18. The Kier molecular flexibility index (Phi) is 58.2. The summed E-state index contributed by atoms with van der Waals surface area (Å²) < 4.78 is 16.9. The Morgan fingerprint density at radius 1 is 0.296 bits per heavy atom. The van der Waals surface area contributed by atoms with Gasteiger partial charge < -0.3 is 14.2 Å². The molecule has 6 heteroatoms. The van der Waals surface area contributed by atoms with Gasteiger partial charge in [0.1, 0.15) is 13.2 Å². The Bertz CT molecular complexity index is 1190. The lowest BCUT2D eigenvalue weighted by Crippen LogP contribution is -2.30. The fourth-order valence-corrected chi connectivity index (χ4v) is 9.46. The van der Waals surface area contributed by atoms with Crippen LogP contribution < -0.4 is 0 Å². The Morgan fingerprint density at radius 3 is 0.859 bits per heavy atom. The van der Waals surface area contributed by atoms with Gasteiger partial charge in [-0.3, -0.25) is 14.4 Å². The molecule has 0 fully saturated rings. The van der Waals surface area contributed by atoms with E-state index < -0.39 is 6.10 Å². The van der Waals surface area contributed by atoms with Gasteiger partial charge in [-0.25, -0.2) is 0 Å². The highest BCUT2D eigenvalue weighted by atomic mass is 16.6. The van der Waals surface area contributed by atoms with Gasteiger partial charge in [0, 0.05) is 19.3 Å². The van der Waals surface area contributed by atoms with Gasteiger partial charge in [0.25, 0.3) is 0 Å². The molecule has 0 saturated heterocycles. The third-order valence-electron chi connectivity index (χ3n) is 14.2. The van der Waals surface area contributed by atoms with Gasteiger partial charge in [-0.15, -0.1) is 0 Å². The van der Waals surface area contributed by atoms with Crippen LogP contribution in [0.3, 0.4) is 0 Å². The smallest absolute Gasteiger partial charge is 0.306 e. The van der Waals surface area contributed by atoms with Crippen molar-refractivity contribution >= 4 is 17.9 Å². The van der Waals surface area contributed by atoms with Crippen molar-refractivity contribution in [1.82, 2.24) is 0 Å². The predicted molar refractivity (Wildman–Crippen MR) is 307 cm³/mol. The summed E-state index contributed by atoms with van der Waals surface area (Å²) in [6.07, 6.45) is 73.2. The van der Waals surface area contributed by atoms with Crippen molar-refractivity contribution in [2.45, 2.75) is 348 Å². The second-order valence-corrected chi connectivity index (χ2v) is 21.3. The maximum absolute atomic E-state index is 12.8. The SMILES string of the molecule is CC/C=C\C/C=C\C/C=C\CCCCCCCC(=O)OC(COC(=O)CCCCCCCCCCCC)COC(=O)CCCCCCCCCCCCCCCCCCCCCCCCCCCCCC.